The number of benzene rings is 2. The summed E-state index contributed by atoms with van der Waals surface area (Å²) in [4.78, 5) is 31.3. The lowest BCUT2D eigenvalue weighted by atomic mass is 9.94. The standard InChI is InChI=1S/C39H50Cl2N4O9/c1-44(22-36(50)51)21-35(49)45(20-32(47)37(52)38(53)33(48)23-46)15-5-4-6-24-16-31(41)25(17-30(24)40)18-43-39(12-13-39)29-19-42-14-11-27(29)28-7-2-3-8-34(28)54-26-9-10-26/h2-3,7-8,11,14,16-17,19,26,32-33,37-38,43,46-48,52-53H,4-6,9-10,12-13,15,18,20-23H2,1H3,(H,50,51). The molecule has 4 atom stereocenters. The van der Waals surface area contributed by atoms with Gasteiger partial charge in [0, 0.05) is 53.2 Å². The Balaban J connectivity index is 1.19. The van der Waals surface area contributed by atoms with Crippen molar-refractivity contribution in [2.24, 2.45) is 0 Å². The molecule has 1 heterocycles. The SMILES string of the molecule is CN(CC(=O)O)CC(=O)N(CCCCc1cc(Cl)c(CNC2(c3cnccc3-c3ccccc3OC3CC3)CC2)cc1Cl)CC(O)C(O)C(O)C(O)CO. The summed E-state index contributed by atoms with van der Waals surface area (Å²) in [6.07, 6.45) is 2.57. The average Bonchev–Trinajstić information content (AvgIpc) is 4.10. The van der Waals surface area contributed by atoms with Gasteiger partial charge >= 0.3 is 5.97 Å². The zero-order valence-corrected chi connectivity index (χ0v) is 31.8. The summed E-state index contributed by atoms with van der Waals surface area (Å²) in [5.74, 6) is -0.734. The van der Waals surface area contributed by atoms with Crippen LogP contribution in [0.4, 0.5) is 0 Å². The number of carboxylic acid groups (broad SMARTS) is 1. The van der Waals surface area contributed by atoms with Crippen molar-refractivity contribution in [2.75, 3.05) is 39.8 Å². The number of halogens is 2. The van der Waals surface area contributed by atoms with Crippen molar-refractivity contribution in [1.82, 2.24) is 20.1 Å². The van der Waals surface area contributed by atoms with Gasteiger partial charge in [-0.15, -0.1) is 0 Å². The quantitative estimate of drug-likeness (QED) is 0.0737. The Kier molecular flexibility index (Phi) is 14.7. The third kappa shape index (κ3) is 11.1. The molecule has 1 amide bonds. The molecule has 0 spiro atoms. The Bertz CT molecular complexity index is 1740. The number of rotatable bonds is 22. The first-order valence-electron chi connectivity index (χ1n) is 18.3. The molecule has 2 aromatic carbocycles. The number of aliphatic hydroxyl groups is 5. The van der Waals surface area contributed by atoms with Crippen LogP contribution in [0.25, 0.3) is 11.1 Å². The van der Waals surface area contributed by atoms with Crippen molar-refractivity contribution < 1.29 is 45.0 Å². The highest BCUT2D eigenvalue weighted by Gasteiger charge is 2.46. The van der Waals surface area contributed by atoms with E-state index in [4.69, 9.17) is 38.2 Å². The fraction of sp³-hybridized carbons (Fsp3) is 0.513. The molecular weight excluding hydrogens is 739 g/mol. The van der Waals surface area contributed by atoms with E-state index in [1.807, 2.05) is 42.6 Å². The molecule has 2 aliphatic rings. The van der Waals surface area contributed by atoms with Crippen molar-refractivity contribution in [3.8, 4) is 16.9 Å². The van der Waals surface area contributed by atoms with Crippen LogP contribution in [0, 0.1) is 0 Å². The van der Waals surface area contributed by atoms with Crippen LogP contribution in [0.15, 0.2) is 54.9 Å². The molecule has 3 aromatic rings. The van der Waals surface area contributed by atoms with E-state index in [1.54, 1.807) is 6.20 Å². The van der Waals surface area contributed by atoms with Crippen molar-refractivity contribution >= 4 is 35.1 Å². The third-order valence-electron chi connectivity index (χ3n) is 9.93. The predicted octanol–water partition coefficient (Wildman–Crippen LogP) is 2.98. The van der Waals surface area contributed by atoms with E-state index < -0.39 is 49.4 Å². The summed E-state index contributed by atoms with van der Waals surface area (Å²) >= 11 is 13.6. The van der Waals surface area contributed by atoms with E-state index >= 15 is 0 Å². The summed E-state index contributed by atoms with van der Waals surface area (Å²) in [7, 11) is 1.47. The molecule has 54 heavy (non-hydrogen) atoms. The first-order chi connectivity index (χ1) is 25.8. The number of ether oxygens (including phenoxy) is 1. The Labute approximate surface area is 325 Å². The van der Waals surface area contributed by atoms with E-state index in [2.05, 4.69) is 16.4 Å². The fourth-order valence-corrected chi connectivity index (χ4v) is 7.04. The monoisotopic (exact) mass is 788 g/mol. The number of pyridine rings is 1. The molecule has 2 saturated carbocycles. The molecular formula is C39H50Cl2N4O9. The second kappa shape index (κ2) is 19.0. The minimum atomic E-state index is -1.85. The number of unbranched alkanes of at least 4 members (excludes halogenated alkanes) is 1. The van der Waals surface area contributed by atoms with Gasteiger partial charge in [-0.25, -0.2) is 0 Å². The van der Waals surface area contributed by atoms with Crippen LogP contribution in [0.2, 0.25) is 10.0 Å². The maximum atomic E-state index is 13.1. The number of hydrogen-bond acceptors (Lipinski definition) is 11. The summed E-state index contributed by atoms with van der Waals surface area (Å²) in [5.41, 5.74) is 4.65. The van der Waals surface area contributed by atoms with Crippen LogP contribution in [-0.2, 0) is 28.1 Å². The van der Waals surface area contributed by atoms with E-state index in [-0.39, 0.29) is 31.3 Å². The predicted molar refractivity (Wildman–Crippen MR) is 203 cm³/mol. The van der Waals surface area contributed by atoms with Crippen molar-refractivity contribution in [1.29, 1.82) is 0 Å². The topological polar surface area (TPSA) is 196 Å². The van der Waals surface area contributed by atoms with E-state index in [0.717, 1.165) is 59.3 Å². The summed E-state index contributed by atoms with van der Waals surface area (Å²) in [5, 5.41) is 63.7. The normalized spacial score (nSPS) is 17.1. The highest BCUT2D eigenvalue weighted by atomic mass is 35.5. The molecule has 0 aliphatic heterocycles. The molecule has 294 valence electrons. The van der Waals surface area contributed by atoms with Gasteiger partial charge in [-0.1, -0.05) is 41.4 Å². The molecule has 0 radical (unpaired) electrons. The number of aliphatic carboxylic acids is 1. The summed E-state index contributed by atoms with van der Waals surface area (Å²) in [6, 6.07) is 13.9. The molecule has 5 rings (SSSR count). The number of aryl methyl sites for hydroxylation is 1. The number of carbonyl (C=O) groups excluding carboxylic acids is 1. The van der Waals surface area contributed by atoms with Crippen molar-refractivity contribution in [3.05, 3.63) is 81.6 Å². The van der Waals surface area contributed by atoms with E-state index in [9.17, 15) is 30.0 Å². The number of carbonyl (C=O) groups is 2. The molecule has 2 fully saturated rings. The number of para-hydroxylation sites is 1. The molecule has 13 nitrogen and oxygen atoms in total. The van der Waals surface area contributed by atoms with Crippen LogP contribution < -0.4 is 10.1 Å². The maximum Gasteiger partial charge on any atom is 0.317 e. The minimum Gasteiger partial charge on any atom is -0.490 e. The van der Waals surface area contributed by atoms with Crippen LogP contribution in [0.5, 0.6) is 5.75 Å². The summed E-state index contributed by atoms with van der Waals surface area (Å²) in [6.45, 7) is -1.25. The van der Waals surface area contributed by atoms with Crippen LogP contribution in [0.1, 0.15) is 55.2 Å². The van der Waals surface area contributed by atoms with Gasteiger partial charge in [-0.2, -0.15) is 0 Å². The lowest BCUT2D eigenvalue weighted by Crippen LogP contribution is -2.52. The van der Waals surface area contributed by atoms with Gasteiger partial charge in [-0.3, -0.25) is 19.5 Å². The number of carboxylic acids is 1. The number of likely N-dealkylation sites (N-methyl/N-ethyl adjacent to an activating group) is 1. The van der Waals surface area contributed by atoms with E-state index in [0.29, 0.717) is 35.9 Å². The smallest absolute Gasteiger partial charge is 0.317 e. The molecule has 4 unspecified atom stereocenters. The van der Waals surface area contributed by atoms with Gasteiger partial charge in [0.15, 0.2) is 0 Å². The number of nitrogens with one attached hydrogen (secondary N) is 1. The lowest BCUT2D eigenvalue weighted by Gasteiger charge is -2.31. The second-order valence-corrected chi connectivity index (χ2v) is 15.2. The van der Waals surface area contributed by atoms with Crippen LogP contribution >= 0.6 is 23.2 Å². The van der Waals surface area contributed by atoms with Gasteiger partial charge in [0.1, 0.15) is 30.2 Å². The molecule has 0 bridgehead atoms. The van der Waals surface area contributed by atoms with Crippen molar-refractivity contribution in [2.45, 2.75) is 87.5 Å². The van der Waals surface area contributed by atoms with Gasteiger partial charge in [-0.05, 0) is 98.5 Å². The minimum absolute atomic E-state index is 0.144. The van der Waals surface area contributed by atoms with Crippen LogP contribution in [0.3, 0.4) is 0 Å². The number of hydrogen-bond donors (Lipinski definition) is 7. The summed E-state index contributed by atoms with van der Waals surface area (Å²) < 4.78 is 6.24. The lowest BCUT2D eigenvalue weighted by molar-refractivity contribution is -0.142. The van der Waals surface area contributed by atoms with E-state index in [1.165, 1.54) is 16.8 Å². The Morgan fingerprint density at radius 1 is 0.963 bits per heavy atom. The first-order valence-corrected chi connectivity index (χ1v) is 19.0. The Hall–Kier alpha value is -3.37. The van der Waals surface area contributed by atoms with Gasteiger partial charge in [0.25, 0.3) is 0 Å². The van der Waals surface area contributed by atoms with Gasteiger partial charge in [0.05, 0.1) is 25.8 Å². The number of amides is 1. The largest absolute Gasteiger partial charge is 0.490 e. The third-order valence-corrected chi connectivity index (χ3v) is 10.6. The molecule has 1 aromatic heterocycles. The Morgan fingerprint density at radius 3 is 2.33 bits per heavy atom. The number of aromatic nitrogens is 1. The maximum absolute atomic E-state index is 13.1. The van der Waals surface area contributed by atoms with Gasteiger partial charge < -0.3 is 45.6 Å². The number of nitrogens with zero attached hydrogens (tertiary/aromatic N) is 3. The number of aliphatic hydroxyl groups excluding tert-OH is 5. The fourth-order valence-electron chi connectivity index (χ4n) is 6.51. The van der Waals surface area contributed by atoms with Crippen molar-refractivity contribution in [3.63, 3.8) is 0 Å². The Morgan fingerprint density at radius 2 is 1.65 bits per heavy atom. The highest BCUT2D eigenvalue weighted by Crippen LogP contribution is 2.50. The molecule has 0 saturated heterocycles. The molecule has 15 heteroatoms. The average molecular weight is 790 g/mol. The van der Waals surface area contributed by atoms with Crippen LogP contribution in [-0.4, -0.2) is 128 Å². The highest BCUT2D eigenvalue weighted by molar-refractivity contribution is 6.34. The first kappa shape index (κ1) is 41.8. The van der Waals surface area contributed by atoms with Gasteiger partial charge in [0.2, 0.25) is 5.91 Å². The molecule has 2 aliphatic carbocycles. The molecule has 7 N–H and O–H groups in total. The zero-order valence-electron chi connectivity index (χ0n) is 30.3. The second-order valence-electron chi connectivity index (χ2n) is 14.4. The zero-order chi connectivity index (χ0) is 39.0.